The van der Waals surface area contributed by atoms with Crippen LogP contribution in [0, 0.1) is 0 Å². The molecule has 1 aromatic rings. The molecule has 0 saturated carbocycles. The molecule has 0 spiro atoms. The summed E-state index contributed by atoms with van der Waals surface area (Å²) in [6.45, 7) is 4.17. The summed E-state index contributed by atoms with van der Waals surface area (Å²) in [7, 11) is 0. The summed E-state index contributed by atoms with van der Waals surface area (Å²) in [6.07, 6.45) is -5.15. The van der Waals surface area contributed by atoms with Crippen LogP contribution in [0.2, 0.25) is 0 Å². The van der Waals surface area contributed by atoms with E-state index < -0.39 is 60.6 Å². The molecule has 36 heavy (non-hydrogen) atoms. The van der Waals surface area contributed by atoms with Crippen molar-refractivity contribution in [1.29, 1.82) is 0 Å². The Morgan fingerprint density at radius 2 is 1.44 bits per heavy atom. The van der Waals surface area contributed by atoms with Crippen LogP contribution in [0.4, 0.5) is 4.79 Å². The van der Waals surface area contributed by atoms with Gasteiger partial charge in [-0.05, 0) is 29.8 Å². The molecular formula is C22H27N3O11. The maximum atomic E-state index is 11.9. The van der Waals surface area contributed by atoms with Crippen LogP contribution in [0.25, 0.3) is 0 Å². The lowest BCUT2D eigenvalue weighted by molar-refractivity contribution is -0.288. The number of urea groups is 1. The summed E-state index contributed by atoms with van der Waals surface area (Å²) in [5.74, 6) is -2.63. The van der Waals surface area contributed by atoms with Crippen molar-refractivity contribution in [1.82, 2.24) is 5.43 Å². The van der Waals surface area contributed by atoms with Gasteiger partial charge in [-0.2, -0.15) is 5.10 Å². The first-order valence-electron chi connectivity index (χ1n) is 10.6. The fourth-order valence-corrected chi connectivity index (χ4v) is 3.22. The number of esters is 4. The van der Waals surface area contributed by atoms with Crippen molar-refractivity contribution >= 4 is 36.1 Å². The van der Waals surface area contributed by atoms with Gasteiger partial charge in [0, 0.05) is 27.7 Å². The lowest BCUT2D eigenvalue weighted by atomic mass is 9.98. The molecule has 14 heteroatoms. The highest BCUT2D eigenvalue weighted by atomic mass is 16.7. The van der Waals surface area contributed by atoms with Gasteiger partial charge >= 0.3 is 29.9 Å². The number of carbonyl (C=O) groups excluding carboxylic acids is 5. The van der Waals surface area contributed by atoms with E-state index in [0.29, 0.717) is 5.56 Å². The molecule has 0 unspecified atom stereocenters. The maximum absolute atomic E-state index is 11.9. The predicted molar refractivity (Wildman–Crippen MR) is 119 cm³/mol. The quantitative estimate of drug-likeness (QED) is 0.199. The Morgan fingerprint density at radius 1 is 0.889 bits per heavy atom. The zero-order valence-corrected chi connectivity index (χ0v) is 20.0. The lowest BCUT2D eigenvalue weighted by Crippen LogP contribution is -2.63. The lowest BCUT2D eigenvalue weighted by Gasteiger charge is -2.43. The molecule has 2 amide bonds. The topological polar surface area (TPSA) is 191 Å². The highest BCUT2D eigenvalue weighted by Gasteiger charge is 2.53. The van der Waals surface area contributed by atoms with E-state index in [2.05, 4.69) is 10.5 Å². The zero-order chi connectivity index (χ0) is 26.8. The van der Waals surface area contributed by atoms with Crippen LogP contribution < -0.4 is 15.9 Å². The number of rotatable bonds is 9. The minimum atomic E-state index is -1.36. The van der Waals surface area contributed by atoms with E-state index in [4.69, 9.17) is 34.2 Å². The van der Waals surface area contributed by atoms with E-state index >= 15 is 0 Å². The normalized spacial score (nSPS) is 23.3. The molecule has 3 N–H and O–H groups in total. The first kappa shape index (κ1) is 28.0. The number of carbonyl (C=O) groups is 5. The smallest absolute Gasteiger partial charge is 0.332 e. The Kier molecular flexibility index (Phi) is 10.2. The Labute approximate surface area is 206 Å². The van der Waals surface area contributed by atoms with Crippen LogP contribution in [0.5, 0.6) is 5.75 Å². The van der Waals surface area contributed by atoms with Gasteiger partial charge in [0.05, 0.1) is 6.21 Å². The van der Waals surface area contributed by atoms with Crippen molar-refractivity contribution in [2.75, 3.05) is 6.61 Å². The van der Waals surface area contributed by atoms with Crippen LogP contribution in [-0.4, -0.2) is 73.4 Å². The molecule has 1 heterocycles. The van der Waals surface area contributed by atoms with Gasteiger partial charge < -0.3 is 34.2 Å². The second-order valence-corrected chi connectivity index (χ2v) is 7.49. The molecule has 5 atom stereocenters. The van der Waals surface area contributed by atoms with Crippen molar-refractivity contribution in [3.63, 3.8) is 0 Å². The van der Waals surface area contributed by atoms with Gasteiger partial charge in [-0.3, -0.25) is 19.2 Å². The standard InChI is InChI=1S/C22H27N3O11/c1-11(26)31-10-17-18(32-12(2)27)19(33-13(3)28)20(34-14(4)29)21(36-17)35-16-7-5-15(6-8-16)9-24-25-22(23)30/h5-9,17-21H,10H2,1-4H3,(H3,23,25,30)/b24-9+/t17-,18-,19+,20-,21-/m1/s1. The molecule has 14 nitrogen and oxygen atoms in total. The number of hydrogen-bond donors (Lipinski definition) is 2. The predicted octanol–water partition coefficient (Wildman–Crippen LogP) is 0.151. The summed E-state index contributed by atoms with van der Waals surface area (Å²) in [5.41, 5.74) is 7.58. The van der Waals surface area contributed by atoms with Crippen LogP contribution in [0.15, 0.2) is 29.4 Å². The molecule has 0 aliphatic carbocycles. The number of primary amides is 1. The SMILES string of the molecule is CC(=O)OC[C@H]1O[C@@H](Oc2ccc(/C=N/NC(N)=O)cc2)[C@H](OC(C)=O)[C@@H](OC(C)=O)[C@@H]1OC(C)=O. The Hall–Kier alpha value is -4.20. The summed E-state index contributed by atoms with van der Waals surface area (Å²) in [6, 6.07) is 5.41. The number of ether oxygens (including phenoxy) is 6. The Bertz CT molecular complexity index is 995. The summed E-state index contributed by atoms with van der Waals surface area (Å²) < 4.78 is 32.7. The van der Waals surface area contributed by atoms with E-state index in [-0.39, 0.29) is 12.4 Å². The van der Waals surface area contributed by atoms with E-state index in [9.17, 15) is 24.0 Å². The monoisotopic (exact) mass is 509 g/mol. The van der Waals surface area contributed by atoms with Crippen LogP contribution in [0.3, 0.4) is 0 Å². The third-order valence-corrected chi connectivity index (χ3v) is 4.47. The number of hydrogen-bond acceptors (Lipinski definition) is 12. The molecular weight excluding hydrogens is 482 g/mol. The first-order valence-corrected chi connectivity index (χ1v) is 10.6. The molecule has 196 valence electrons. The molecule has 1 saturated heterocycles. The van der Waals surface area contributed by atoms with Crippen LogP contribution in [0.1, 0.15) is 33.3 Å². The second-order valence-electron chi connectivity index (χ2n) is 7.49. The number of nitrogens with one attached hydrogen (secondary N) is 1. The largest absolute Gasteiger partial charge is 0.463 e. The number of hydrazone groups is 1. The van der Waals surface area contributed by atoms with Crippen molar-refractivity contribution in [3.8, 4) is 5.75 Å². The van der Waals surface area contributed by atoms with Gasteiger partial charge in [0.25, 0.3) is 0 Å². The average molecular weight is 509 g/mol. The molecule has 1 aromatic carbocycles. The maximum Gasteiger partial charge on any atom is 0.332 e. The fourth-order valence-electron chi connectivity index (χ4n) is 3.22. The number of amides is 2. The Morgan fingerprint density at radius 3 is 1.97 bits per heavy atom. The van der Waals surface area contributed by atoms with Crippen molar-refractivity contribution in [2.24, 2.45) is 10.8 Å². The van der Waals surface area contributed by atoms with Gasteiger partial charge in [0.1, 0.15) is 18.5 Å². The number of nitrogens with zero attached hydrogens (tertiary/aromatic N) is 1. The van der Waals surface area contributed by atoms with Gasteiger partial charge in [-0.25, -0.2) is 10.2 Å². The number of benzene rings is 1. The zero-order valence-electron chi connectivity index (χ0n) is 20.0. The minimum Gasteiger partial charge on any atom is -0.463 e. The van der Waals surface area contributed by atoms with Crippen molar-refractivity contribution in [3.05, 3.63) is 29.8 Å². The molecule has 1 aliphatic heterocycles. The van der Waals surface area contributed by atoms with E-state index in [1.54, 1.807) is 12.1 Å². The fraction of sp³-hybridized carbons (Fsp3) is 0.455. The highest BCUT2D eigenvalue weighted by molar-refractivity contribution is 5.81. The van der Waals surface area contributed by atoms with E-state index in [1.807, 2.05) is 0 Å². The van der Waals surface area contributed by atoms with Gasteiger partial charge in [0.15, 0.2) is 12.2 Å². The summed E-state index contributed by atoms with van der Waals surface area (Å²) in [4.78, 5) is 57.6. The van der Waals surface area contributed by atoms with Crippen molar-refractivity contribution < 1.29 is 52.4 Å². The third kappa shape index (κ3) is 8.87. The summed E-state index contributed by atoms with van der Waals surface area (Å²) >= 11 is 0. The average Bonchev–Trinajstić information content (AvgIpc) is 2.76. The van der Waals surface area contributed by atoms with Gasteiger partial charge in [-0.1, -0.05) is 0 Å². The molecule has 1 aliphatic rings. The van der Waals surface area contributed by atoms with Crippen molar-refractivity contribution in [2.45, 2.75) is 58.4 Å². The highest BCUT2D eigenvalue weighted by Crippen LogP contribution is 2.31. The second kappa shape index (κ2) is 13.0. The summed E-state index contributed by atoms with van der Waals surface area (Å²) in [5, 5.41) is 3.64. The minimum absolute atomic E-state index is 0.246. The van der Waals surface area contributed by atoms with Gasteiger partial charge in [-0.15, -0.1) is 0 Å². The molecule has 0 radical (unpaired) electrons. The van der Waals surface area contributed by atoms with E-state index in [1.165, 1.54) is 25.3 Å². The first-order chi connectivity index (χ1) is 17.0. The third-order valence-electron chi connectivity index (χ3n) is 4.47. The molecule has 2 rings (SSSR count). The van der Waals surface area contributed by atoms with Crippen LogP contribution >= 0.6 is 0 Å². The molecule has 0 aromatic heterocycles. The Balaban J connectivity index is 2.36. The van der Waals surface area contributed by atoms with Crippen LogP contribution in [-0.2, 0) is 42.9 Å². The van der Waals surface area contributed by atoms with Gasteiger partial charge in [0.2, 0.25) is 12.4 Å². The molecule has 0 bridgehead atoms. The molecule has 1 fully saturated rings. The van der Waals surface area contributed by atoms with E-state index in [0.717, 1.165) is 20.8 Å². The number of nitrogens with two attached hydrogens (primary N) is 1.